The summed E-state index contributed by atoms with van der Waals surface area (Å²) in [6, 6.07) is 6.18. The number of aryl methyl sites for hydroxylation is 1. The van der Waals surface area contributed by atoms with Gasteiger partial charge < -0.3 is 5.32 Å². The molecule has 16 heavy (non-hydrogen) atoms. The van der Waals surface area contributed by atoms with Crippen molar-refractivity contribution in [3.63, 3.8) is 0 Å². The van der Waals surface area contributed by atoms with Gasteiger partial charge in [-0.05, 0) is 30.7 Å². The van der Waals surface area contributed by atoms with Crippen molar-refractivity contribution in [2.75, 3.05) is 5.32 Å². The van der Waals surface area contributed by atoms with Crippen molar-refractivity contribution in [3.8, 4) is 0 Å². The maximum absolute atomic E-state index is 5.76. The average molecular weight is 318 g/mol. The van der Waals surface area contributed by atoms with Gasteiger partial charge in [0.05, 0.1) is 6.54 Å². The summed E-state index contributed by atoms with van der Waals surface area (Å²) in [6.45, 7) is 2.82. The van der Waals surface area contributed by atoms with E-state index < -0.39 is 0 Å². The van der Waals surface area contributed by atoms with Gasteiger partial charge in [0.25, 0.3) is 0 Å². The smallest absolute Gasteiger partial charge is 0.183 e. The van der Waals surface area contributed by atoms with E-state index in [9.17, 15) is 0 Å². The molecule has 0 radical (unpaired) electrons. The molecule has 0 amide bonds. The lowest BCUT2D eigenvalue weighted by Gasteiger charge is -2.06. The van der Waals surface area contributed by atoms with Gasteiger partial charge in [0.15, 0.2) is 4.47 Å². The van der Waals surface area contributed by atoms with Crippen LogP contribution in [-0.2, 0) is 6.54 Å². The Bertz CT molecular complexity index is 498. The normalized spacial score (nSPS) is 10.4. The monoisotopic (exact) mass is 316 g/mol. The molecule has 1 aromatic carbocycles. The fourth-order valence-electron chi connectivity index (χ4n) is 1.31. The number of thiazole rings is 1. The van der Waals surface area contributed by atoms with Crippen LogP contribution in [0.1, 0.15) is 10.4 Å². The van der Waals surface area contributed by atoms with E-state index in [4.69, 9.17) is 11.6 Å². The van der Waals surface area contributed by atoms with E-state index >= 15 is 0 Å². The quantitative estimate of drug-likeness (QED) is 0.903. The van der Waals surface area contributed by atoms with Crippen LogP contribution >= 0.6 is 38.9 Å². The summed E-state index contributed by atoms with van der Waals surface area (Å²) in [4.78, 5) is 5.13. The number of rotatable bonds is 3. The van der Waals surface area contributed by atoms with E-state index in [2.05, 4.69) is 39.2 Å². The van der Waals surface area contributed by atoms with Crippen LogP contribution < -0.4 is 5.32 Å². The first-order valence-electron chi connectivity index (χ1n) is 4.75. The topological polar surface area (TPSA) is 24.9 Å². The van der Waals surface area contributed by atoms with Crippen molar-refractivity contribution in [2.45, 2.75) is 13.5 Å². The van der Waals surface area contributed by atoms with Gasteiger partial charge >= 0.3 is 0 Å². The molecule has 0 unspecified atom stereocenters. The highest BCUT2D eigenvalue weighted by Gasteiger charge is 2.00. The Morgan fingerprint density at radius 1 is 1.50 bits per heavy atom. The van der Waals surface area contributed by atoms with Gasteiger partial charge in [0, 0.05) is 21.2 Å². The van der Waals surface area contributed by atoms with Crippen LogP contribution in [0.3, 0.4) is 0 Å². The molecular formula is C11H10BrClN2S. The van der Waals surface area contributed by atoms with Crippen molar-refractivity contribution >= 4 is 44.6 Å². The zero-order chi connectivity index (χ0) is 11.5. The number of nitrogens with one attached hydrogen (secondary N) is 1. The molecule has 2 aromatic rings. The molecule has 0 fully saturated rings. The van der Waals surface area contributed by atoms with E-state index in [-0.39, 0.29) is 0 Å². The van der Waals surface area contributed by atoms with Crippen LogP contribution in [0.25, 0.3) is 0 Å². The van der Waals surface area contributed by atoms with E-state index in [1.54, 1.807) is 6.20 Å². The maximum Gasteiger partial charge on any atom is 0.183 e. The van der Waals surface area contributed by atoms with E-state index in [1.165, 1.54) is 16.9 Å². The summed E-state index contributed by atoms with van der Waals surface area (Å²) in [5.41, 5.74) is 2.32. The van der Waals surface area contributed by atoms with Crippen molar-refractivity contribution < 1.29 is 0 Å². The van der Waals surface area contributed by atoms with E-state index in [0.717, 1.165) is 21.6 Å². The molecule has 0 bridgehead atoms. The second-order valence-corrected chi connectivity index (χ2v) is 5.95. The molecule has 0 saturated heterocycles. The lowest BCUT2D eigenvalue weighted by atomic mass is 10.2. The van der Waals surface area contributed by atoms with Crippen LogP contribution in [0.5, 0.6) is 0 Å². The minimum Gasteiger partial charge on any atom is -0.380 e. The first-order valence-corrected chi connectivity index (χ1v) is 6.74. The molecule has 0 aliphatic carbocycles. The molecule has 84 valence electrons. The van der Waals surface area contributed by atoms with Crippen LogP contribution in [0.15, 0.2) is 28.9 Å². The molecule has 5 heteroatoms. The minimum absolute atomic E-state index is 0.587. The number of benzene rings is 1. The van der Waals surface area contributed by atoms with Gasteiger partial charge in [0.2, 0.25) is 0 Å². The summed E-state index contributed by atoms with van der Waals surface area (Å²) >= 11 is 10.7. The second-order valence-electron chi connectivity index (χ2n) is 3.40. The van der Waals surface area contributed by atoms with Crippen molar-refractivity contribution in [1.82, 2.24) is 4.98 Å². The summed E-state index contributed by atoms with van der Waals surface area (Å²) in [5, 5.41) is 3.33. The Labute approximate surface area is 112 Å². The van der Waals surface area contributed by atoms with E-state index in [1.807, 2.05) is 12.1 Å². The molecule has 1 aromatic heterocycles. The molecule has 2 nitrogen and oxygen atoms in total. The van der Waals surface area contributed by atoms with Crippen LogP contribution in [0, 0.1) is 6.92 Å². The minimum atomic E-state index is 0.587. The van der Waals surface area contributed by atoms with Gasteiger partial charge in [-0.3, -0.25) is 0 Å². The molecule has 0 aliphatic heterocycles. The van der Waals surface area contributed by atoms with Gasteiger partial charge in [-0.1, -0.05) is 27.5 Å². The number of hydrogen-bond donors (Lipinski definition) is 1. The molecular weight excluding hydrogens is 308 g/mol. The van der Waals surface area contributed by atoms with Crippen molar-refractivity contribution in [2.24, 2.45) is 0 Å². The molecule has 0 saturated carbocycles. The van der Waals surface area contributed by atoms with Gasteiger partial charge in [-0.25, -0.2) is 4.98 Å². The molecule has 0 aliphatic rings. The number of halogens is 2. The second kappa shape index (κ2) is 5.17. The highest BCUT2D eigenvalue weighted by Crippen LogP contribution is 2.22. The first-order chi connectivity index (χ1) is 7.65. The van der Waals surface area contributed by atoms with E-state index in [0.29, 0.717) is 4.47 Å². The lowest BCUT2D eigenvalue weighted by molar-refractivity contribution is 1.17. The number of anilines is 1. The number of hydrogen-bond acceptors (Lipinski definition) is 3. The summed E-state index contributed by atoms with van der Waals surface area (Å²) in [5.74, 6) is 0. The standard InChI is InChI=1S/C11H10BrClN2S/c1-7-4-8(2-3-10(7)12)14-5-9-6-15-11(13)16-9/h2-4,6,14H,5H2,1H3. The van der Waals surface area contributed by atoms with Crippen molar-refractivity contribution in [1.29, 1.82) is 0 Å². The molecule has 1 heterocycles. The summed E-state index contributed by atoms with van der Waals surface area (Å²) in [7, 11) is 0. The third-order valence-corrected chi connectivity index (χ3v) is 4.15. The van der Waals surface area contributed by atoms with Gasteiger partial charge in [0.1, 0.15) is 0 Å². The molecule has 1 N–H and O–H groups in total. The third kappa shape index (κ3) is 2.97. The first kappa shape index (κ1) is 11.9. The van der Waals surface area contributed by atoms with Crippen molar-refractivity contribution in [3.05, 3.63) is 43.8 Å². The zero-order valence-corrected chi connectivity index (χ0v) is 11.8. The highest BCUT2D eigenvalue weighted by molar-refractivity contribution is 9.10. The molecule has 0 spiro atoms. The molecule has 2 rings (SSSR count). The maximum atomic E-state index is 5.76. The van der Waals surface area contributed by atoms with Gasteiger partial charge in [-0.15, -0.1) is 11.3 Å². The fourth-order valence-corrected chi connectivity index (χ4v) is 2.47. The Balaban J connectivity index is 2.02. The van der Waals surface area contributed by atoms with Crippen LogP contribution in [0.4, 0.5) is 5.69 Å². The van der Waals surface area contributed by atoms with Crippen LogP contribution in [-0.4, -0.2) is 4.98 Å². The number of aromatic nitrogens is 1. The Kier molecular flexibility index (Phi) is 3.84. The lowest BCUT2D eigenvalue weighted by Crippen LogP contribution is -1.97. The largest absolute Gasteiger partial charge is 0.380 e. The predicted molar refractivity (Wildman–Crippen MR) is 73.3 cm³/mol. The fraction of sp³-hybridized carbons (Fsp3) is 0.182. The predicted octanol–water partition coefficient (Wildman–Crippen LogP) is 4.48. The SMILES string of the molecule is Cc1cc(NCc2cnc(Cl)s2)ccc1Br. The Morgan fingerprint density at radius 2 is 2.31 bits per heavy atom. The van der Waals surface area contributed by atoms with Crippen LogP contribution in [0.2, 0.25) is 4.47 Å². The summed E-state index contributed by atoms with van der Waals surface area (Å²) < 4.78 is 1.71. The molecule has 0 atom stereocenters. The Morgan fingerprint density at radius 3 is 2.94 bits per heavy atom. The van der Waals surface area contributed by atoms with Gasteiger partial charge in [-0.2, -0.15) is 0 Å². The number of nitrogens with zero attached hydrogens (tertiary/aromatic N) is 1. The Hall–Kier alpha value is -0.580. The average Bonchev–Trinajstić information content (AvgIpc) is 2.66. The summed E-state index contributed by atoms with van der Waals surface area (Å²) in [6.07, 6.45) is 1.80. The third-order valence-electron chi connectivity index (χ3n) is 2.15. The zero-order valence-electron chi connectivity index (χ0n) is 8.63. The highest BCUT2D eigenvalue weighted by atomic mass is 79.9.